The molecule has 1 aliphatic rings. The smallest absolute Gasteiger partial charge is 0.308 e. The topological polar surface area (TPSA) is 165 Å². The molecule has 2 unspecified atom stereocenters. The van der Waals surface area contributed by atoms with Gasteiger partial charge >= 0.3 is 5.97 Å². The van der Waals surface area contributed by atoms with E-state index in [1.807, 2.05) is 30.3 Å². The Bertz CT molecular complexity index is 1990. The Hall–Kier alpha value is -4.57. The van der Waals surface area contributed by atoms with Crippen LogP contribution < -0.4 is 15.4 Å². The first-order valence-electron chi connectivity index (χ1n) is 15.6. The molecule has 3 aromatic carbocycles. The largest absolute Gasteiger partial charge is 0.507 e. The highest BCUT2D eigenvalue weighted by Gasteiger charge is 2.24. The lowest BCUT2D eigenvalue weighted by molar-refractivity contribution is -0.131. The molecule has 2 heterocycles. The zero-order chi connectivity index (χ0) is 35.5. The summed E-state index contributed by atoms with van der Waals surface area (Å²) in [6.45, 7) is 1.27. The van der Waals surface area contributed by atoms with Crippen molar-refractivity contribution in [3.05, 3.63) is 106 Å². The number of phenolic OH excluding ortho intramolecular Hbond substituents is 1. The molecule has 0 saturated heterocycles. The molecule has 2 atom stereocenters. The van der Waals surface area contributed by atoms with Gasteiger partial charge < -0.3 is 9.84 Å². The van der Waals surface area contributed by atoms with Gasteiger partial charge in [0.1, 0.15) is 21.6 Å². The summed E-state index contributed by atoms with van der Waals surface area (Å²) in [5.74, 6) is -0.940. The maximum atomic E-state index is 12.5. The molecule has 260 valence electrons. The molecule has 3 N–H and O–H groups in total. The molecule has 0 spiro atoms. The summed E-state index contributed by atoms with van der Waals surface area (Å²) in [6.07, 6.45) is 5.41. The minimum Gasteiger partial charge on any atom is -0.507 e. The van der Waals surface area contributed by atoms with Crippen molar-refractivity contribution in [2.24, 2.45) is 0 Å². The van der Waals surface area contributed by atoms with E-state index in [4.69, 9.17) is 4.74 Å². The van der Waals surface area contributed by atoms with Gasteiger partial charge in [-0.1, -0.05) is 73.9 Å². The Labute approximate surface area is 302 Å². The number of carbonyl (C=O) groups excluding carboxylic acids is 3. The van der Waals surface area contributed by atoms with Gasteiger partial charge in [-0.05, 0) is 42.7 Å². The number of benzene rings is 3. The monoisotopic (exact) mass is 750 g/mol. The summed E-state index contributed by atoms with van der Waals surface area (Å²) < 4.78 is 30.0. The van der Waals surface area contributed by atoms with Crippen LogP contribution in [0.15, 0.2) is 99.7 Å². The standard InChI is InChI=1S/C19H16N2O4S2.C16H18N2O3S2/c1-13(22)25-16-10-6-5-9-15(16)18(23)21-19-20-17(11-26-19)27(24)12-14-7-3-2-4-8-14;19-13-9-5-4-8-12(13)15(20)18-16-17-14(10-22-16)23(21)11-6-2-1-3-7-11/h2-11H,12H2,1H3,(H,20,21,23);4-5,8-11,19H,1-3,6-7H2,(H,17,18,20). The maximum absolute atomic E-state index is 12.5. The summed E-state index contributed by atoms with van der Waals surface area (Å²) in [5, 5.41) is 20.2. The van der Waals surface area contributed by atoms with Crippen molar-refractivity contribution in [1.29, 1.82) is 0 Å². The molecule has 0 bridgehead atoms. The zero-order valence-corrected chi connectivity index (χ0v) is 30.2. The van der Waals surface area contributed by atoms with Crippen molar-refractivity contribution in [3.8, 4) is 11.5 Å². The van der Waals surface area contributed by atoms with Crippen molar-refractivity contribution in [1.82, 2.24) is 9.97 Å². The second-order valence-corrected chi connectivity index (χ2v) is 15.8. The molecule has 0 aliphatic heterocycles. The number of esters is 1. The minimum absolute atomic E-state index is 0.0763. The number of amides is 2. The van der Waals surface area contributed by atoms with Gasteiger partial charge in [-0.3, -0.25) is 33.4 Å². The molecule has 50 heavy (non-hydrogen) atoms. The van der Waals surface area contributed by atoms with Gasteiger partial charge in [0.15, 0.2) is 10.3 Å². The van der Waals surface area contributed by atoms with Crippen molar-refractivity contribution >= 4 is 72.3 Å². The Morgan fingerprint density at radius 3 is 2.00 bits per heavy atom. The fraction of sp³-hybridized carbons (Fsp3) is 0.229. The van der Waals surface area contributed by atoms with E-state index in [9.17, 15) is 27.9 Å². The lowest BCUT2D eigenvalue weighted by atomic mass is 10.0. The third-order valence-electron chi connectivity index (χ3n) is 7.38. The number of thiazole rings is 2. The van der Waals surface area contributed by atoms with Crippen LogP contribution in [0.4, 0.5) is 10.3 Å². The molecule has 2 amide bonds. The number of hydrogen-bond acceptors (Lipinski definition) is 11. The molecule has 15 heteroatoms. The van der Waals surface area contributed by atoms with Crippen LogP contribution in [0, 0.1) is 0 Å². The number of aromatic hydroxyl groups is 1. The number of rotatable bonds is 10. The van der Waals surface area contributed by atoms with Crippen LogP contribution in [0.1, 0.15) is 65.3 Å². The van der Waals surface area contributed by atoms with Crippen LogP contribution >= 0.6 is 22.7 Å². The highest BCUT2D eigenvalue weighted by molar-refractivity contribution is 7.85. The van der Waals surface area contributed by atoms with Crippen LogP contribution in [0.5, 0.6) is 11.5 Å². The van der Waals surface area contributed by atoms with Crippen LogP contribution in [0.25, 0.3) is 0 Å². The second-order valence-electron chi connectivity index (χ2n) is 11.0. The Balaban J connectivity index is 0.000000197. The zero-order valence-electron chi connectivity index (χ0n) is 26.9. The SMILES string of the molecule is CC(=O)Oc1ccccc1C(=O)Nc1nc(S(=O)Cc2ccccc2)cs1.O=C(Nc1nc(S(=O)C2CCCCC2)cs1)c1ccccc1O. The van der Waals surface area contributed by atoms with Gasteiger partial charge in [-0.25, -0.2) is 9.97 Å². The average Bonchev–Trinajstić information content (AvgIpc) is 3.79. The van der Waals surface area contributed by atoms with Gasteiger partial charge in [0.25, 0.3) is 11.8 Å². The molecule has 2 aromatic heterocycles. The van der Waals surface area contributed by atoms with Gasteiger partial charge in [0.2, 0.25) is 0 Å². The number of nitrogens with one attached hydrogen (secondary N) is 2. The van der Waals surface area contributed by atoms with Crippen LogP contribution in [0.3, 0.4) is 0 Å². The number of aromatic nitrogens is 2. The van der Waals surface area contributed by atoms with Crippen molar-refractivity contribution in [2.45, 2.75) is 60.1 Å². The predicted molar refractivity (Wildman–Crippen MR) is 196 cm³/mol. The molecule has 5 aromatic rings. The van der Waals surface area contributed by atoms with E-state index in [0.29, 0.717) is 26.1 Å². The number of para-hydroxylation sites is 2. The Morgan fingerprint density at radius 2 is 1.34 bits per heavy atom. The maximum Gasteiger partial charge on any atom is 0.308 e. The normalized spacial score (nSPS) is 14.0. The third-order valence-corrected chi connectivity index (χ3v) is 12.2. The van der Waals surface area contributed by atoms with Gasteiger partial charge in [0.05, 0.1) is 38.5 Å². The fourth-order valence-electron chi connectivity index (χ4n) is 4.97. The van der Waals surface area contributed by atoms with E-state index >= 15 is 0 Å². The number of anilines is 2. The van der Waals surface area contributed by atoms with E-state index in [-0.39, 0.29) is 27.9 Å². The average molecular weight is 751 g/mol. The number of ether oxygens (including phenoxy) is 1. The molecule has 6 rings (SSSR count). The first-order valence-corrected chi connectivity index (χ1v) is 19.9. The molecule has 1 aliphatic carbocycles. The van der Waals surface area contributed by atoms with Gasteiger partial charge in [0, 0.05) is 22.9 Å². The number of hydrogen-bond donors (Lipinski definition) is 3. The summed E-state index contributed by atoms with van der Waals surface area (Å²) in [4.78, 5) is 44.3. The van der Waals surface area contributed by atoms with Gasteiger partial charge in [-0.15, -0.1) is 22.7 Å². The first-order chi connectivity index (χ1) is 24.2. The Kier molecular flexibility index (Phi) is 13.1. The highest BCUT2D eigenvalue weighted by atomic mass is 32.2. The third kappa shape index (κ3) is 10.2. The van der Waals surface area contributed by atoms with E-state index in [2.05, 4.69) is 20.6 Å². The van der Waals surface area contributed by atoms with Crippen molar-refractivity contribution < 1.29 is 32.6 Å². The number of nitrogens with zero attached hydrogens (tertiary/aromatic N) is 2. The molecular weight excluding hydrogens is 717 g/mol. The highest BCUT2D eigenvalue weighted by Crippen LogP contribution is 2.28. The summed E-state index contributed by atoms with van der Waals surface area (Å²) in [5.41, 5.74) is 1.36. The van der Waals surface area contributed by atoms with Crippen molar-refractivity contribution in [2.75, 3.05) is 10.6 Å². The Morgan fingerprint density at radius 1 is 0.780 bits per heavy atom. The number of carbonyl (C=O) groups is 3. The van der Waals surface area contributed by atoms with E-state index in [1.165, 1.54) is 42.1 Å². The van der Waals surface area contributed by atoms with E-state index < -0.39 is 39.4 Å². The second kappa shape index (κ2) is 17.9. The molecule has 0 radical (unpaired) electrons. The summed E-state index contributed by atoms with van der Waals surface area (Å²) >= 11 is 2.44. The lowest BCUT2D eigenvalue weighted by Gasteiger charge is -2.19. The predicted octanol–water partition coefficient (Wildman–Crippen LogP) is 7.17. The summed E-state index contributed by atoms with van der Waals surface area (Å²) in [7, 11) is -2.42. The van der Waals surface area contributed by atoms with Crippen LogP contribution in [-0.2, 0) is 32.1 Å². The molecular formula is C35H34N4O7S4. The quantitative estimate of drug-likeness (QED) is 0.0992. The van der Waals surface area contributed by atoms with Gasteiger partial charge in [-0.2, -0.15) is 0 Å². The first kappa shape index (κ1) is 36.7. The number of phenols is 1. The van der Waals surface area contributed by atoms with Crippen LogP contribution in [-0.4, -0.2) is 46.5 Å². The lowest BCUT2D eigenvalue weighted by Crippen LogP contribution is -2.19. The van der Waals surface area contributed by atoms with Crippen molar-refractivity contribution in [3.63, 3.8) is 0 Å². The molecule has 1 saturated carbocycles. The van der Waals surface area contributed by atoms with Crippen LogP contribution in [0.2, 0.25) is 0 Å². The molecule has 1 fully saturated rings. The minimum atomic E-state index is -1.31. The van der Waals surface area contributed by atoms with E-state index in [1.54, 1.807) is 53.2 Å². The molecule has 11 nitrogen and oxygen atoms in total. The fourth-order valence-corrected chi connectivity index (χ4v) is 9.44. The van der Waals surface area contributed by atoms with E-state index in [0.717, 1.165) is 31.2 Å². The summed E-state index contributed by atoms with van der Waals surface area (Å²) in [6, 6.07) is 22.2.